The van der Waals surface area contributed by atoms with Crippen LogP contribution in [0, 0.1) is 0 Å². The number of nitrogens with zero attached hydrogens (tertiary/aromatic N) is 1. The Kier molecular flexibility index (Phi) is 5.75. The maximum Gasteiger partial charge on any atom is 0.360 e. The minimum atomic E-state index is -0.559. The maximum absolute atomic E-state index is 12.3. The standard InChI is InChI=1S/C24H19NO5/c1-2-27-24(26)22-23(28-16-25-22)20-14-13-19(29-17-9-5-3-6-10-17)15-21(20)30-18-11-7-4-8-12-18/h3-16H,2H2,1H3. The molecule has 0 bridgehead atoms. The van der Waals surface area contributed by atoms with Crippen molar-refractivity contribution in [1.29, 1.82) is 0 Å². The molecule has 0 fully saturated rings. The van der Waals surface area contributed by atoms with Gasteiger partial charge in [0.05, 0.1) is 12.2 Å². The second-order valence-corrected chi connectivity index (χ2v) is 6.24. The van der Waals surface area contributed by atoms with Crippen LogP contribution in [-0.2, 0) is 4.74 Å². The molecule has 0 aliphatic rings. The van der Waals surface area contributed by atoms with Crippen molar-refractivity contribution in [1.82, 2.24) is 4.98 Å². The van der Waals surface area contributed by atoms with Gasteiger partial charge in [-0.15, -0.1) is 0 Å². The molecule has 0 radical (unpaired) electrons. The molecule has 3 aromatic carbocycles. The fraction of sp³-hybridized carbons (Fsp3) is 0.0833. The van der Waals surface area contributed by atoms with Gasteiger partial charge in [-0.1, -0.05) is 36.4 Å². The van der Waals surface area contributed by atoms with E-state index in [2.05, 4.69) is 4.98 Å². The molecule has 0 unspecified atom stereocenters. The first-order chi connectivity index (χ1) is 14.7. The van der Waals surface area contributed by atoms with E-state index < -0.39 is 5.97 Å². The van der Waals surface area contributed by atoms with Gasteiger partial charge in [-0.2, -0.15) is 0 Å². The van der Waals surface area contributed by atoms with Crippen LogP contribution >= 0.6 is 0 Å². The van der Waals surface area contributed by atoms with E-state index in [0.29, 0.717) is 28.6 Å². The van der Waals surface area contributed by atoms with E-state index in [0.717, 1.165) is 0 Å². The van der Waals surface area contributed by atoms with E-state index in [1.807, 2.05) is 60.7 Å². The van der Waals surface area contributed by atoms with Crippen LogP contribution in [0.25, 0.3) is 11.3 Å². The molecule has 0 aliphatic carbocycles. The lowest BCUT2D eigenvalue weighted by Gasteiger charge is -2.13. The van der Waals surface area contributed by atoms with Crippen LogP contribution in [0.1, 0.15) is 17.4 Å². The molecule has 0 saturated carbocycles. The highest BCUT2D eigenvalue weighted by Gasteiger charge is 2.23. The minimum absolute atomic E-state index is 0.0893. The monoisotopic (exact) mass is 401 g/mol. The predicted molar refractivity (Wildman–Crippen MR) is 111 cm³/mol. The largest absolute Gasteiger partial charge is 0.461 e. The summed E-state index contributed by atoms with van der Waals surface area (Å²) in [5.74, 6) is 2.07. The molecule has 0 aliphatic heterocycles. The molecule has 1 heterocycles. The van der Waals surface area contributed by atoms with Crippen LogP contribution in [0.3, 0.4) is 0 Å². The van der Waals surface area contributed by atoms with Crippen LogP contribution in [0.4, 0.5) is 0 Å². The molecule has 0 saturated heterocycles. The van der Waals surface area contributed by atoms with Gasteiger partial charge < -0.3 is 18.6 Å². The molecule has 6 heteroatoms. The van der Waals surface area contributed by atoms with E-state index in [-0.39, 0.29) is 18.1 Å². The maximum atomic E-state index is 12.3. The lowest BCUT2D eigenvalue weighted by molar-refractivity contribution is 0.0520. The van der Waals surface area contributed by atoms with Crippen LogP contribution in [0.15, 0.2) is 89.7 Å². The van der Waals surface area contributed by atoms with Crippen LogP contribution in [0.5, 0.6) is 23.0 Å². The average Bonchev–Trinajstić information content (AvgIpc) is 3.25. The third-order valence-electron chi connectivity index (χ3n) is 4.18. The Bertz CT molecular complexity index is 1120. The zero-order chi connectivity index (χ0) is 20.8. The van der Waals surface area contributed by atoms with Crippen molar-refractivity contribution in [3.63, 3.8) is 0 Å². The molecule has 4 rings (SSSR count). The van der Waals surface area contributed by atoms with Crippen LogP contribution < -0.4 is 9.47 Å². The zero-order valence-corrected chi connectivity index (χ0v) is 16.3. The summed E-state index contributed by atoms with van der Waals surface area (Å²) >= 11 is 0. The van der Waals surface area contributed by atoms with Crippen molar-refractivity contribution in [3.05, 3.63) is 91.0 Å². The van der Waals surface area contributed by atoms with E-state index >= 15 is 0 Å². The SMILES string of the molecule is CCOC(=O)c1ncoc1-c1ccc(Oc2ccccc2)cc1Oc1ccccc1. The number of ether oxygens (including phenoxy) is 3. The molecule has 0 spiro atoms. The molecule has 0 amide bonds. The summed E-state index contributed by atoms with van der Waals surface area (Å²) in [6.07, 6.45) is 1.21. The Morgan fingerprint density at radius 2 is 1.53 bits per heavy atom. The van der Waals surface area contributed by atoms with Crippen LogP contribution in [0.2, 0.25) is 0 Å². The normalized spacial score (nSPS) is 10.4. The summed E-state index contributed by atoms with van der Waals surface area (Å²) in [7, 11) is 0. The number of esters is 1. The van der Waals surface area contributed by atoms with Gasteiger partial charge in [-0.25, -0.2) is 9.78 Å². The summed E-state index contributed by atoms with van der Waals surface area (Å²) in [6, 6.07) is 24.0. The Labute approximate surface area is 173 Å². The summed E-state index contributed by atoms with van der Waals surface area (Å²) in [6.45, 7) is 1.97. The lowest BCUT2D eigenvalue weighted by Crippen LogP contribution is -2.06. The van der Waals surface area contributed by atoms with Crippen molar-refractivity contribution in [2.75, 3.05) is 6.61 Å². The molecule has 150 valence electrons. The van der Waals surface area contributed by atoms with Gasteiger partial charge in [-0.3, -0.25) is 0 Å². The third kappa shape index (κ3) is 4.33. The number of hydrogen-bond acceptors (Lipinski definition) is 6. The van der Waals surface area contributed by atoms with Crippen molar-refractivity contribution < 1.29 is 23.4 Å². The van der Waals surface area contributed by atoms with Gasteiger partial charge in [0.1, 0.15) is 23.0 Å². The van der Waals surface area contributed by atoms with E-state index in [1.54, 1.807) is 25.1 Å². The van der Waals surface area contributed by atoms with Gasteiger partial charge in [0, 0.05) is 6.07 Å². The van der Waals surface area contributed by atoms with E-state index in [9.17, 15) is 4.79 Å². The summed E-state index contributed by atoms with van der Waals surface area (Å²) in [5.41, 5.74) is 0.645. The number of benzene rings is 3. The quantitative estimate of drug-likeness (QED) is 0.348. The van der Waals surface area contributed by atoms with Crippen LogP contribution in [-0.4, -0.2) is 17.6 Å². The molecule has 0 N–H and O–H groups in total. The second-order valence-electron chi connectivity index (χ2n) is 6.24. The number of carbonyl (C=O) groups is 1. The average molecular weight is 401 g/mol. The second kappa shape index (κ2) is 8.96. The topological polar surface area (TPSA) is 70.8 Å². The third-order valence-corrected chi connectivity index (χ3v) is 4.18. The Morgan fingerprint density at radius 1 is 0.867 bits per heavy atom. The molecule has 30 heavy (non-hydrogen) atoms. The number of para-hydroxylation sites is 2. The Morgan fingerprint density at radius 3 is 2.20 bits per heavy atom. The number of rotatable bonds is 7. The highest BCUT2D eigenvalue weighted by atomic mass is 16.5. The molecular formula is C24H19NO5. The number of carbonyl (C=O) groups excluding carboxylic acids is 1. The minimum Gasteiger partial charge on any atom is -0.461 e. The number of aromatic nitrogens is 1. The number of oxazole rings is 1. The highest BCUT2D eigenvalue weighted by Crippen LogP contribution is 2.39. The smallest absolute Gasteiger partial charge is 0.360 e. The van der Waals surface area contributed by atoms with Gasteiger partial charge in [0.2, 0.25) is 0 Å². The van der Waals surface area contributed by atoms with Crippen molar-refractivity contribution in [2.24, 2.45) is 0 Å². The summed E-state index contributed by atoms with van der Waals surface area (Å²) in [5, 5.41) is 0. The first-order valence-corrected chi connectivity index (χ1v) is 9.45. The van der Waals surface area contributed by atoms with Gasteiger partial charge in [0.25, 0.3) is 0 Å². The molecular weight excluding hydrogens is 382 g/mol. The van der Waals surface area contributed by atoms with Gasteiger partial charge in [0.15, 0.2) is 17.8 Å². The van der Waals surface area contributed by atoms with Crippen molar-refractivity contribution in [2.45, 2.75) is 6.92 Å². The fourth-order valence-corrected chi connectivity index (χ4v) is 2.86. The Balaban J connectivity index is 1.74. The first kappa shape index (κ1) is 19.3. The van der Waals surface area contributed by atoms with Gasteiger partial charge >= 0.3 is 5.97 Å². The van der Waals surface area contributed by atoms with E-state index in [1.165, 1.54) is 6.39 Å². The molecule has 1 aromatic heterocycles. The number of hydrogen-bond donors (Lipinski definition) is 0. The van der Waals surface area contributed by atoms with E-state index in [4.69, 9.17) is 18.6 Å². The molecule has 6 nitrogen and oxygen atoms in total. The molecule has 0 atom stereocenters. The zero-order valence-electron chi connectivity index (χ0n) is 16.3. The highest BCUT2D eigenvalue weighted by molar-refractivity contribution is 5.94. The lowest BCUT2D eigenvalue weighted by atomic mass is 10.1. The predicted octanol–water partition coefficient (Wildman–Crippen LogP) is 6.10. The summed E-state index contributed by atoms with van der Waals surface area (Å²) < 4.78 is 22.6. The summed E-state index contributed by atoms with van der Waals surface area (Å²) in [4.78, 5) is 16.3. The first-order valence-electron chi connectivity index (χ1n) is 9.45. The van der Waals surface area contributed by atoms with Crippen molar-refractivity contribution >= 4 is 5.97 Å². The Hall–Kier alpha value is -4.06. The molecule has 4 aromatic rings. The van der Waals surface area contributed by atoms with Crippen molar-refractivity contribution in [3.8, 4) is 34.3 Å². The van der Waals surface area contributed by atoms with Gasteiger partial charge in [-0.05, 0) is 43.3 Å². The fourth-order valence-electron chi connectivity index (χ4n) is 2.86.